The smallest absolute Gasteiger partial charge is 0.184 e. The summed E-state index contributed by atoms with van der Waals surface area (Å²) in [6.45, 7) is 1.79. The average molecular weight is 209 g/mol. The zero-order valence-electron chi connectivity index (χ0n) is 7.69. The first kappa shape index (κ1) is 10.5. The van der Waals surface area contributed by atoms with Gasteiger partial charge in [0.05, 0.1) is 5.71 Å². The first-order valence-corrected chi connectivity index (χ1v) is 4.39. The molecular weight excluding hydrogens is 198 g/mol. The van der Waals surface area contributed by atoms with Crippen molar-refractivity contribution in [2.75, 3.05) is 0 Å². The quantitative estimate of drug-likeness (QED) is 0.385. The molecule has 1 aromatic rings. The van der Waals surface area contributed by atoms with Gasteiger partial charge >= 0.3 is 0 Å². The van der Waals surface area contributed by atoms with E-state index in [-0.39, 0.29) is 10.9 Å². The molecule has 0 heterocycles. The van der Waals surface area contributed by atoms with Crippen LogP contribution < -0.4 is 11.2 Å². The Labute approximate surface area is 87.4 Å². The summed E-state index contributed by atoms with van der Waals surface area (Å²) in [4.78, 5) is 0. The summed E-state index contributed by atoms with van der Waals surface area (Å²) < 4.78 is 0. The van der Waals surface area contributed by atoms with Gasteiger partial charge in [-0.1, -0.05) is 12.1 Å². The summed E-state index contributed by atoms with van der Waals surface area (Å²) in [5.74, 6) is 0.201. The zero-order chi connectivity index (χ0) is 10.6. The number of nitrogens with one attached hydrogen (secondary N) is 1. The Morgan fingerprint density at radius 3 is 2.86 bits per heavy atom. The lowest BCUT2D eigenvalue weighted by molar-refractivity contribution is 0.475. The number of hydrazone groups is 1. The Morgan fingerprint density at radius 2 is 2.29 bits per heavy atom. The van der Waals surface area contributed by atoms with E-state index in [4.69, 9.17) is 5.73 Å². The van der Waals surface area contributed by atoms with Gasteiger partial charge in [0.2, 0.25) is 0 Å². The van der Waals surface area contributed by atoms with Crippen LogP contribution in [0.1, 0.15) is 12.5 Å². The largest absolute Gasteiger partial charge is 0.508 e. The van der Waals surface area contributed by atoms with Crippen molar-refractivity contribution in [3.05, 3.63) is 29.8 Å². The third-order valence-electron chi connectivity index (χ3n) is 1.60. The van der Waals surface area contributed by atoms with Crippen molar-refractivity contribution in [1.82, 2.24) is 5.43 Å². The molecule has 0 unspecified atom stereocenters. The normalized spacial score (nSPS) is 11.1. The van der Waals surface area contributed by atoms with Crippen LogP contribution in [0.25, 0.3) is 0 Å². The molecule has 0 radical (unpaired) electrons. The van der Waals surface area contributed by atoms with E-state index in [2.05, 4.69) is 22.7 Å². The van der Waals surface area contributed by atoms with E-state index in [9.17, 15) is 5.11 Å². The van der Waals surface area contributed by atoms with Crippen LogP contribution in [0.5, 0.6) is 5.75 Å². The van der Waals surface area contributed by atoms with Crippen LogP contribution in [-0.2, 0) is 0 Å². The van der Waals surface area contributed by atoms with Gasteiger partial charge in [0.1, 0.15) is 5.75 Å². The molecule has 0 fully saturated rings. The van der Waals surface area contributed by atoms with Crippen molar-refractivity contribution in [3.63, 3.8) is 0 Å². The van der Waals surface area contributed by atoms with Gasteiger partial charge in [-0.05, 0) is 31.3 Å². The van der Waals surface area contributed by atoms with E-state index < -0.39 is 0 Å². The third-order valence-corrected chi connectivity index (χ3v) is 1.69. The van der Waals surface area contributed by atoms with Crippen molar-refractivity contribution in [2.45, 2.75) is 6.92 Å². The van der Waals surface area contributed by atoms with Crippen molar-refractivity contribution in [3.8, 4) is 5.75 Å². The lowest BCUT2D eigenvalue weighted by Gasteiger charge is -2.01. The number of benzene rings is 1. The second-order valence-electron chi connectivity index (χ2n) is 2.72. The number of thiocarbonyl (C=S) groups is 1. The molecule has 0 aliphatic rings. The molecule has 5 heteroatoms. The molecule has 0 atom stereocenters. The molecule has 0 saturated heterocycles. The van der Waals surface area contributed by atoms with E-state index >= 15 is 0 Å². The second-order valence-corrected chi connectivity index (χ2v) is 3.16. The molecule has 14 heavy (non-hydrogen) atoms. The Hall–Kier alpha value is -1.62. The standard InChI is InChI=1S/C9H11N3OS/c1-6(11-12-9(10)14)7-3-2-4-8(13)5-7/h2-5,13H,1H3,(H3,10,12,14). The van der Waals surface area contributed by atoms with Crippen LogP contribution in [0.2, 0.25) is 0 Å². The average Bonchev–Trinajstić information content (AvgIpc) is 2.14. The highest BCUT2D eigenvalue weighted by molar-refractivity contribution is 7.80. The number of aromatic hydroxyl groups is 1. The molecule has 1 aromatic carbocycles. The minimum atomic E-state index is 0.115. The van der Waals surface area contributed by atoms with Crippen molar-refractivity contribution >= 4 is 23.0 Å². The molecule has 0 aliphatic carbocycles. The van der Waals surface area contributed by atoms with Gasteiger partial charge in [0, 0.05) is 5.56 Å². The molecular formula is C9H11N3OS. The Bertz CT molecular complexity index is 376. The van der Waals surface area contributed by atoms with Crippen LogP contribution in [0.15, 0.2) is 29.4 Å². The predicted octanol–water partition coefficient (Wildman–Crippen LogP) is 0.949. The maximum atomic E-state index is 9.21. The van der Waals surface area contributed by atoms with Gasteiger partial charge in [-0.25, -0.2) is 0 Å². The summed E-state index contributed by atoms with van der Waals surface area (Å²) in [5.41, 5.74) is 9.21. The van der Waals surface area contributed by atoms with Gasteiger partial charge in [-0.2, -0.15) is 5.10 Å². The third kappa shape index (κ3) is 3.02. The van der Waals surface area contributed by atoms with Crippen LogP contribution in [-0.4, -0.2) is 15.9 Å². The molecule has 0 bridgehead atoms. The maximum absolute atomic E-state index is 9.21. The van der Waals surface area contributed by atoms with Crippen LogP contribution >= 0.6 is 12.2 Å². The number of rotatable bonds is 2. The predicted molar refractivity (Wildman–Crippen MR) is 60.2 cm³/mol. The molecule has 0 aliphatic heterocycles. The molecule has 1 rings (SSSR count). The van der Waals surface area contributed by atoms with Crippen molar-refractivity contribution in [1.29, 1.82) is 0 Å². The number of nitrogens with two attached hydrogens (primary N) is 1. The molecule has 4 N–H and O–H groups in total. The lowest BCUT2D eigenvalue weighted by atomic mass is 10.1. The Kier molecular flexibility index (Phi) is 3.41. The highest BCUT2D eigenvalue weighted by Crippen LogP contribution is 2.11. The maximum Gasteiger partial charge on any atom is 0.184 e. The lowest BCUT2D eigenvalue weighted by Crippen LogP contribution is -2.25. The molecule has 0 aromatic heterocycles. The number of nitrogens with zero attached hydrogens (tertiary/aromatic N) is 1. The fraction of sp³-hybridized carbons (Fsp3) is 0.111. The number of phenolic OH excluding ortho intramolecular Hbond substituents is 1. The molecule has 4 nitrogen and oxygen atoms in total. The van der Waals surface area contributed by atoms with E-state index in [0.717, 1.165) is 5.56 Å². The second kappa shape index (κ2) is 4.57. The molecule has 0 amide bonds. The fourth-order valence-corrected chi connectivity index (χ4v) is 0.980. The van der Waals surface area contributed by atoms with Crippen LogP contribution in [0, 0.1) is 0 Å². The number of hydrogen-bond donors (Lipinski definition) is 3. The van der Waals surface area contributed by atoms with Crippen LogP contribution in [0.3, 0.4) is 0 Å². The van der Waals surface area contributed by atoms with E-state index in [1.54, 1.807) is 25.1 Å². The minimum absolute atomic E-state index is 0.115. The number of phenols is 1. The monoisotopic (exact) mass is 209 g/mol. The fourth-order valence-electron chi connectivity index (χ4n) is 0.934. The zero-order valence-corrected chi connectivity index (χ0v) is 8.51. The first-order chi connectivity index (χ1) is 6.59. The minimum Gasteiger partial charge on any atom is -0.508 e. The van der Waals surface area contributed by atoms with Gasteiger partial charge in [0.15, 0.2) is 5.11 Å². The van der Waals surface area contributed by atoms with Gasteiger partial charge in [-0.3, -0.25) is 5.43 Å². The summed E-state index contributed by atoms with van der Waals surface area (Å²) in [5, 5.41) is 13.3. The summed E-state index contributed by atoms with van der Waals surface area (Å²) in [6, 6.07) is 6.78. The number of hydrogen-bond acceptors (Lipinski definition) is 3. The van der Waals surface area contributed by atoms with E-state index in [1.165, 1.54) is 0 Å². The molecule has 74 valence electrons. The van der Waals surface area contributed by atoms with Gasteiger partial charge in [0.25, 0.3) is 0 Å². The molecule has 0 saturated carbocycles. The van der Waals surface area contributed by atoms with E-state index in [0.29, 0.717) is 5.71 Å². The first-order valence-electron chi connectivity index (χ1n) is 3.98. The van der Waals surface area contributed by atoms with Gasteiger partial charge < -0.3 is 10.8 Å². The van der Waals surface area contributed by atoms with Crippen molar-refractivity contribution in [2.24, 2.45) is 10.8 Å². The Balaban J connectivity index is 2.83. The van der Waals surface area contributed by atoms with E-state index in [1.807, 2.05) is 6.07 Å². The Morgan fingerprint density at radius 1 is 1.57 bits per heavy atom. The highest BCUT2D eigenvalue weighted by atomic mass is 32.1. The summed E-state index contributed by atoms with van der Waals surface area (Å²) in [7, 11) is 0. The summed E-state index contributed by atoms with van der Waals surface area (Å²) >= 11 is 4.60. The van der Waals surface area contributed by atoms with Gasteiger partial charge in [-0.15, -0.1) is 0 Å². The summed E-state index contributed by atoms with van der Waals surface area (Å²) in [6.07, 6.45) is 0. The van der Waals surface area contributed by atoms with Crippen LogP contribution in [0.4, 0.5) is 0 Å². The highest BCUT2D eigenvalue weighted by Gasteiger charge is 1.97. The SMILES string of the molecule is CC(=NNC(N)=S)c1cccc(O)c1. The molecule has 0 spiro atoms. The van der Waals surface area contributed by atoms with Crippen molar-refractivity contribution < 1.29 is 5.11 Å². The topological polar surface area (TPSA) is 70.6 Å².